The Morgan fingerprint density at radius 1 is 1.11 bits per heavy atom. The van der Waals surface area contributed by atoms with Crippen LogP contribution in [-0.2, 0) is 0 Å². The number of aryl methyl sites for hydroxylation is 1. The summed E-state index contributed by atoms with van der Waals surface area (Å²) in [5.74, 6) is 0.874. The number of thioether (sulfide) groups is 1. The van der Waals surface area contributed by atoms with E-state index in [1.807, 2.05) is 49.4 Å². The monoisotopic (exact) mass is 271 g/mol. The normalized spacial score (nSPS) is 10.2. The largest absolute Gasteiger partial charge is 0.351 e. The molecule has 2 aromatic rings. The van der Waals surface area contributed by atoms with E-state index in [4.69, 9.17) is 0 Å². The van der Waals surface area contributed by atoms with Crippen molar-refractivity contribution in [3.8, 4) is 0 Å². The summed E-state index contributed by atoms with van der Waals surface area (Å²) in [6.07, 6.45) is 0. The van der Waals surface area contributed by atoms with E-state index < -0.39 is 0 Å². The van der Waals surface area contributed by atoms with Gasteiger partial charge in [-0.2, -0.15) is 0 Å². The summed E-state index contributed by atoms with van der Waals surface area (Å²) < 4.78 is 0. The molecular weight excluding hydrogens is 254 g/mol. The Labute approximate surface area is 118 Å². The first kappa shape index (κ1) is 13.7. The lowest BCUT2D eigenvalue weighted by atomic mass is 10.1. The van der Waals surface area contributed by atoms with E-state index in [9.17, 15) is 4.79 Å². The Balaban J connectivity index is 1.75. The van der Waals surface area contributed by atoms with Gasteiger partial charge in [-0.15, -0.1) is 11.8 Å². The van der Waals surface area contributed by atoms with Gasteiger partial charge < -0.3 is 5.32 Å². The van der Waals surface area contributed by atoms with E-state index in [0.29, 0.717) is 6.54 Å². The van der Waals surface area contributed by atoms with Gasteiger partial charge in [-0.1, -0.05) is 35.9 Å². The van der Waals surface area contributed by atoms with E-state index >= 15 is 0 Å². The van der Waals surface area contributed by atoms with Crippen LogP contribution in [0.2, 0.25) is 0 Å². The Hall–Kier alpha value is -1.74. The lowest BCUT2D eigenvalue weighted by Crippen LogP contribution is -2.25. The molecule has 1 amide bonds. The molecule has 0 saturated heterocycles. The number of hydrogen-bond donors (Lipinski definition) is 1. The van der Waals surface area contributed by atoms with Crippen molar-refractivity contribution in [2.75, 3.05) is 12.3 Å². The van der Waals surface area contributed by atoms with Crippen molar-refractivity contribution in [3.05, 3.63) is 65.7 Å². The lowest BCUT2D eigenvalue weighted by molar-refractivity contribution is 0.0956. The second-order valence-corrected chi connectivity index (χ2v) is 5.46. The lowest BCUT2D eigenvalue weighted by Gasteiger charge is -2.06. The maximum Gasteiger partial charge on any atom is 0.251 e. The van der Waals surface area contributed by atoms with Crippen LogP contribution in [0.25, 0.3) is 0 Å². The van der Waals surface area contributed by atoms with Crippen LogP contribution in [0.4, 0.5) is 0 Å². The number of nitrogens with one attached hydrogen (secondary N) is 1. The summed E-state index contributed by atoms with van der Waals surface area (Å²) in [4.78, 5) is 13.1. The average Bonchev–Trinajstić information content (AvgIpc) is 2.44. The molecule has 0 aliphatic heterocycles. The Bertz CT molecular complexity index is 539. The number of hydrogen-bond acceptors (Lipinski definition) is 2. The SMILES string of the molecule is Cc1cccc(C(=O)NCCSc2ccccc2)c1. The molecule has 0 aliphatic rings. The molecule has 19 heavy (non-hydrogen) atoms. The molecule has 0 fully saturated rings. The minimum Gasteiger partial charge on any atom is -0.351 e. The third kappa shape index (κ3) is 4.45. The van der Waals surface area contributed by atoms with Crippen LogP contribution in [0, 0.1) is 6.92 Å². The van der Waals surface area contributed by atoms with Crippen molar-refractivity contribution in [3.63, 3.8) is 0 Å². The Kier molecular flexibility index (Phi) is 5.04. The minimum absolute atomic E-state index is 0.00244. The van der Waals surface area contributed by atoms with Crippen LogP contribution in [0.3, 0.4) is 0 Å². The van der Waals surface area contributed by atoms with Gasteiger partial charge in [0.25, 0.3) is 5.91 Å². The van der Waals surface area contributed by atoms with Gasteiger partial charge >= 0.3 is 0 Å². The van der Waals surface area contributed by atoms with E-state index in [0.717, 1.165) is 16.9 Å². The molecule has 2 nitrogen and oxygen atoms in total. The fraction of sp³-hybridized carbons (Fsp3) is 0.188. The molecule has 0 atom stereocenters. The Morgan fingerprint density at radius 2 is 1.89 bits per heavy atom. The quantitative estimate of drug-likeness (QED) is 0.666. The average molecular weight is 271 g/mol. The first-order valence-corrected chi connectivity index (χ1v) is 7.27. The van der Waals surface area contributed by atoms with Gasteiger partial charge in [-0.05, 0) is 31.2 Å². The van der Waals surface area contributed by atoms with Crippen molar-refractivity contribution in [1.29, 1.82) is 0 Å². The van der Waals surface area contributed by atoms with Gasteiger partial charge in [0.2, 0.25) is 0 Å². The van der Waals surface area contributed by atoms with Crippen molar-refractivity contribution in [2.24, 2.45) is 0 Å². The predicted octanol–water partition coefficient (Wildman–Crippen LogP) is 3.52. The fourth-order valence-corrected chi connectivity index (χ4v) is 2.53. The van der Waals surface area contributed by atoms with Gasteiger partial charge in [0.1, 0.15) is 0 Å². The highest BCUT2D eigenvalue weighted by Gasteiger charge is 2.04. The van der Waals surface area contributed by atoms with E-state index in [1.165, 1.54) is 4.90 Å². The molecule has 0 unspecified atom stereocenters. The highest BCUT2D eigenvalue weighted by atomic mass is 32.2. The summed E-state index contributed by atoms with van der Waals surface area (Å²) in [6, 6.07) is 17.8. The van der Waals surface area contributed by atoms with Crippen molar-refractivity contribution < 1.29 is 4.79 Å². The second kappa shape index (κ2) is 7.00. The number of carbonyl (C=O) groups excluding carboxylic acids is 1. The zero-order valence-corrected chi connectivity index (χ0v) is 11.7. The van der Waals surface area contributed by atoms with Crippen LogP contribution in [-0.4, -0.2) is 18.2 Å². The van der Waals surface area contributed by atoms with Crippen LogP contribution in [0.15, 0.2) is 59.5 Å². The van der Waals surface area contributed by atoms with Crippen LogP contribution in [0.1, 0.15) is 15.9 Å². The maximum absolute atomic E-state index is 11.9. The summed E-state index contributed by atoms with van der Waals surface area (Å²) in [5.41, 5.74) is 1.83. The molecule has 98 valence electrons. The zero-order valence-electron chi connectivity index (χ0n) is 10.9. The molecule has 0 heterocycles. The highest BCUT2D eigenvalue weighted by molar-refractivity contribution is 7.99. The molecule has 0 saturated carbocycles. The topological polar surface area (TPSA) is 29.1 Å². The van der Waals surface area contributed by atoms with E-state index in [1.54, 1.807) is 11.8 Å². The van der Waals surface area contributed by atoms with Crippen molar-refractivity contribution >= 4 is 17.7 Å². The minimum atomic E-state index is -0.00244. The first-order valence-electron chi connectivity index (χ1n) is 6.28. The second-order valence-electron chi connectivity index (χ2n) is 4.29. The fourth-order valence-electron chi connectivity index (χ4n) is 1.74. The molecule has 1 N–H and O–H groups in total. The van der Waals surface area contributed by atoms with Gasteiger partial charge in [-0.3, -0.25) is 4.79 Å². The van der Waals surface area contributed by atoms with Gasteiger partial charge in [0, 0.05) is 22.8 Å². The summed E-state index contributed by atoms with van der Waals surface area (Å²) in [7, 11) is 0. The van der Waals surface area contributed by atoms with Crippen LogP contribution >= 0.6 is 11.8 Å². The van der Waals surface area contributed by atoms with E-state index in [2.05, 4.69) is 17.4 Å². The predicted molar refractivity (Wildman–Crippen MR) is 80.7 cm³/mol. The van der Waals surface area contributed by atoms with Crippen LogP contribution < -0.4 is 5.32 Å². The summed E-state index contributed by atoms with van der Waals surface area (Å²) in [6.45, 7) is 2.66. The van der Waals surface area contributed by atoms with Crippen molar-refractivity contribution in [1.82, 2.24) is 5.32 Å². The molecule has 0 aromatic heterocycles. The third-order valence-electron chi connectivity index (χ3n) is 2.68. The van der Waals surface area contributed by atoms with Gasteiger partial charge in [0.15, 0.2) is 0 Å². The zero-order chi connectivity index (χ0) is 13.5. The number of carbonyl (C=O) groups is 1. The summed E-state index contributed by atoms with van der Waals surface area (Å²) in [5, 5.41) is 2.94. The molecule has 0 aliphatic carbocycles. The number of amides is 1. The molecule has 0 spiro atoms. The maximum atomic E-state index is 11.9. The third-order valence-corrected chi connectivity index (χ3v) is 3.69. The van der Waals surface area contributed by atoms with Crippen molar-refractivity contribution in [2.45, 2.75) is 11.8 Å². The standard InChI is InChI=1S/C16H17NOS/c1-13-6-5-7-14(12-13)16(18)17-10-11-19-15-8-3-2-4-9-15/h2-9,12H,10-11H2,1H3,(H,17,18). The van der Waals surface area contributed by atoms with Crippen LogP contribution in [0.5, 0.6) is 0 Å². The number of benzene rings is 2. The smallest absolute Gasteiger partial charge is 0.251 e. The van der Waals surface area contributed by atoms with E-state index in [-0.39, 0.29) is 5.91 Å². The highest BCUT2D eigenvalue weighted by Crippen LogP contribution is 2.15. The molecule has 3 heteroatoms. The van der Waals surface area contributed by atoms with Gasteiger partial charge in [0.05, 0.1) is 0 Å². The Morgan fingerprint density at radius 3 is 2.63 bits per heavy atom. The summed E-state index contributed by atoms with van der Waals surface area (Å²) >= 11 is 1.75. The molecule has 0 bridgehead atoms. The molecule has 2 rings (SSSR count). The molecular formula is C16H17NOS. The molecule has 0 radical (unpaired) electrons. The first-order chi connectivity index (χ1) is 9.25. The van der Waals surface area contributed by atoms with Gasteiger partial charge in [-0.25, -0.2) is 0 Å². The molecule has 2 aromatic carbocycles. The number of rotatable bonds is 5.